The fourth-order valence-electron chi connectivity index (χ4n) is 0.845. The Morgan fingerprint density at radius 3 is 2.56 bits per heavy atom. The Bertz CT molecular complexity index is 440. The van der Waals surface area contributed by atoms with Gasteiger partial charge in [0.2, 0.25) is 5.91 Å². The molecule has 0 bridgehead atoms. The third kappa shape index (κ3) is 4.29. The maximum atomic E-state index is 11.2. The number of aromatic nitrogens is 1. The summed E-state index contributed by atoms with van der Waals surface area (Å²) in [6, 6.07) is 2.80. The van der Waals surface area contributed by atoms with E-state index < -0.39 is 11.9 Å². The highest BCUT2D eigenvalue weighted by Gasteiger charge is 2.03. The standard InChI is InChI=1S/C9H6Cl2N2O3/c10-5-3-6(11)12-7(4-5)13-8(14)1-2-9(15)16/h1-4H,(H,15,16)(H,12,13,14)/b2-1+. The molecule has 1 aromatic heterocycles. The summed E-state index contributed by atoms with van der Waals surface area (Å²) in [5.41, 5.74) is 0. The van der Waals surface area contributed by atoms with Crippen LogP contribution >= 0.6 is 23.2 Å². The van der Waals surface area contributed by atoms with E-state index in [1.165, 1.54) is 12.1 Å². The summed E-state index contributed by atoms with van der Waals surface area (Å²) in [6.45, 7) is 0. The van der Waals surface area contributed by atoms with Gasteiger partial charge in [-0.05, 0) is 12.1 Å². The molecule has 1 amide bonds. The van der Waals surface area contributed by atoms with Gasteiger partial charge in [0, 0.05) is 17.2 Å². The molecule has 1 aromatic rings. The first-order chi connectivity index (χ1) is 7.47. The van der Waals surface area contributed by atoms with Crippen molar-refractivity contribution in [3.05, 3.63) is 34.5 Å². The summed E-state index contributed by atoms with van der Waals surface area (Å²) >= 11 is 11.3. The highest BCUT2D eigenvalue weighted by molar-refractivity contribution is 6.34. The Morgan fingerprint density at radius 1 is 1.31 bits per heavy atom. The zero-order valence-electron chi connectivity index (χ0n) is 7.78. The summed E-state index contributed by atoms with van der Waals surface area (Å²) in [4.78, 5) is 25.1. The van der Waals surface area contributed by atoms with Crippen LogP contribution in [-0.2, 0) is 9.59 Å². The van der Waals surface area contributed by atoms with Crippen molar-refractivity contribution in [3.8, 4) is 0 Å². The van der Waals surface area contributed by atoms with Crippen LogP contribution in [-0.4, -0.2) is 22.0 Å². The first-order valence-electron chi connectivity index (χ1n) is 4.02. The number of nitrogens with zero attached hydrogens (tertiary/aromatic N) is 1. The summed E-state index contributed by atoms with van der Waals surface area (Å²) in [6.07, 6.45) is 1.57. The number of halogens is 2. The van der Waals surface area contributed by atoms with Gasteiger partial charge in [0.05, 0.1) is 0 Å². The predicted octanol–water partition coefficient (Wildman–Crippen LogP) is 1.97. The molecule has 1 heterocycles. The molecule has 0 aliphatic carbocycles. The minimum atomic E-state index is -1.22. The van der Waals surface area contributed by atoms with E-state index in [1.54, 1.807) is 0 Å². The number of hydrogen-bond acceptors (Lipinski definition) is 3. The number of nitrogens with one attached hydrogen (secondary N) is 1. The molecular formula is C9H6Cl2N2O3. The predicted molar refractivity (Wildman–Crippen MR) is 59.7 cm³/mol. The number of rotatable bonds is 3. The summed E-state index contributed by atoms with van der Waals surface area (Å²) in [7, 11) is 0. The molecule has 84 valence electrons. The highest BCUT2D eigenvalue weighted by atomic mass is 35.5. The summed E-state index contributed by atoms with van der Waals surface area (Å²) < 4.78 is 0. The fraction of sp³-hybridized carbons (Fsp3) is 0. The van der Waals surface area contributed by atoms with Crippen molar-refractivity contribution in [1.82, 2.24) is 4.98 Å². The maximum Gasteiger partial charge on any atom is 0.328 e. The molecule has 2 N–H and O–H groups in total. The highest BCUT2D eigenvalue weighted by Crippen LogP contribution is 2.18. The molecule has 0 saturated carbocycles. The Morgan fingerprint density at radius 2 is 2.00 bits per heavy atom. The molecule has 5 nitrogen and oxygen atoms in total. The van der Waals surface area contributed by atoms with E-state index in [9.17, 15) is 9.59 Å². The van der Waals surface area contributed by atoms with Gasteiger partial charge in [-0.15, -0.1) is 0 Å². The van der Waals surface area contributed by atoms with Gasteiger partial charge in [-0.1, -0.05) is 23.2 Å². The second-order valence-electron chi connectivity index (χ2n) is 2.65. The van der Waals surface area contributed by atoms with Crippen LogP contribution in [0.2, 0.25) is 10.2 Å². The largest absolute Gasteiger partial charge is 0.478 e. The van der Waals surface area contributed by atoms with E-state index in [1.807, 2.05) is 0 Å². The third-order valence-electron chi connectivity index (χ3n) is 1.39. The average Bonchev–Trinajstić information content (AvgIpc) is 2.12. The van der Waals surface area contributed by atoms with Crippen molar-refractivity contribution in [3.63, 3.8) is 0 Å². The number of pyridine rings is 1. The van der Waals surface area contributed by atoms with E-state index in [4.69, 9.17) is 28.3 Å². The lowest BCUT2D eigenvalue weighted by molar-refractivity contribution is -0.131. The van der Waals surface area contributed by atoms with Gasteiger partial charge in [-0.2, -0.15) is 0 Å². The molecule has 0 aromatic carbocycles. The second-order valence-corrected chi connectivity index (χ2v) is 3.48. The Balaban J connectivity index is 2.73. The lowest BCUT2D eigenvalue weighted by Gasteiger charge is -2.01. The second kappa shape index (κ2) is 5.48. The van der Waals surface area contributed by atoms with Gasteiger partial charge in [0.1, 0.15) is 11.0 Å². The van der Waals surface area contributed by atoms with Crippen LogP contribution in [0.4, 0.5) is 5.82 Å². The van der Waals surface area contributed by atoms with Crippen LogP contribution in [0.5, 0.6) is 0 Å². The Labute approximate surface area is 101 Å². The SMILES string of the molecule is O=C(O)/C=C/C(=O)Nc1cc(Cl)cc(Cl)n1. The molecule has 0 spiro atoms. The van der Waals surface area contributed by atoms with Gasteiger partial charge in [0.15, 0.2) is 0 Å². The zero-order chi connectivity index (χ0) is 12.1. The smallest absolute Gasteiger partial charge is 0.328 e. The van der Waals surface area contributed by atoms with Gasteiger partial charge in [-0.3, -0.25) is 4.79 Å². The number of carbonyl (C=O) groups is 2. The van der Waals surface area contributed by atoms with Crippen LogP contribution in [0.15, 0.2) is 24.3 Å². The monoisotopic (exact) mass is 260 g/mol. The molecule has 0 fully saturated rings. The number of carboxylic acids is 1. The molecular weight excluding hydrogens is 255 g/mol. The number of aliphatic carboxylic acids is 1. The minimum absolute atomic E-state index is 0.130. The molecule has 16 heavy (non-hydrogen) atoms. The molecule has 0 aliphatic heterocycles. The number of carboxylic acid groups (broad SMARTS) is 1. The van der Waals surface area contributed by atoms with E-state index in [0.717, 1.165) is 6.08 Å². The fourth-order valence-corrected chi connectivity index (χ4v) is 1.32. The molecule has 0 radical (unpaired) electrons. The van der Waals surface area contributed by atoms with E-state index in [2.05, 4.69) is 10.3 Å². The molecule has 0 saturated heterocycles. The summed E-state index contributed by atoms with van der Waals surface area (Å²) in [5.74, 6) is -1.70. The molecule has 1 rings (SSSR count). The number of carbonyl (C=O) groups excluding carboxylic acids is 1. The lowest BCUT2D eigenvalue weighted by atomic mass is 10.4. The van der Waals surface area contributed by atoms with Gasteiger partial charge >= 0.3 is 5.97 Å². The van der Waals surface area contributed by atoms with Gasteiger partial charge in [-0.25, -0.2) is 9.78 Å². The van der Waals surface area contributed by atoms with Crippen molar-refractivity contribution in [1.29, 1.82) is 0 Å². The first-order valence-corrected chi connectivity index (χ1v) is 4.78. The molecule has 0 atom stereocenters. The van der Waals surface area contributed by atoms with E-state index in [-0.39, 0.29) is 11.0 Å². The third-order valence-corrected chi connectivity index (χ3v) is 1.80. The van der Waals surface area contributed by atoms with Crippen molar-refractivity contribution >= 4 is 40.9 Å². The summed E-state index contributed by atoms with van der Waals surface area (Å²) in [5, 5.41) is 11.0. The normalized spacial score (nSPS) is 10.4. The average molecular weight is 261 g/mol. The molecule has 0 aliphatic rings. The van der Waals surface area contributed by atoms with Crippen molar-refractivity contribution < 1.29 is 14.7 Å². The first kappa shape index (κ1) is 12.5. The van der Waals surface area contributed by atoms with Crippen LogP contribution in [0, 0.1) is 0 Å². The number of anilines is 1. The van der Waals surface area contributed by atoms with Crippen molar-refractivity contribution in [2.75, 3.05) is 5.32 Å². The van der Waals surface area contributed by atoms with Gasteiger partial charge in [0.25, 0.3) is 0 Å². The van der Waals surface area contributed by atoms with Gasteiger partial charge < -0.3 is 10.4 Å². The minimum Gasteiger partial charge on any atom is -0.478 e. The van der Waals surface area contributed by atoms with Crippen LogP contribution in [0.1, 0.15) is 0 Å². The van der Waals surface area contributed by atoms with Crippen LogP contribution in [0.25, 0.3) is 0 Å². The Kier molecular flexibility index (Phi) is 4.28. The quantitative estimate of drug-likeness (QED) is 0.644. The zero-order valence-corrected chi connectivity index (χ0v) is 9.29. The molecule has 7 heteroatoms. The topological polar surface area (TPSA) is 79.3 Å². The molecule has 0 unspecified atom stereocenters. The Hall–Kier alpha value is -1.59. The van der Waals surface area contributed by atoms with Crippen molar-refractivity contribution in [2.45, 2.75) is 0 Å². The van der Waals surface area contributed by atoms with Crippen LogP contribution in [0.3, 0.4) is 0 Å². The maximum absolute atomic E-state index is 11.2. The number of hydrogen-bond donors (Lipinski definition) is 2. The van der Waals surface area contributed by atoms with Crippen molar-refractivity contribution in [2.24, 2.45) is 0 Å². The lowest BCUT2D eigenvalue weighted by Crippen LogP contribution is -2.10. The number of amides is 1. The van der Waals surface area contributed by atoms with E-state index >= 15 is 0 Å². The van der Waals surface area contributed by atoms with Crippen LogP contribution < -0.4 is 5.32 Å². The van der Waals surface area contributed by atoms with E-state index in [0.29, 0.717) is 11.1 Å².